The van der Waals surface area contributed by atoms with E-state index in [4.69, 9.17) is 5.73 Å². The molecule has 0 atom stereocenters. The van der Waals surface area contributed by atoms with Gasteiger partial charge in [0, 0.05) is 11.9 Å². The van der Waals surface area contributed by atoms with Crippen molar-refractivity contribution in [3.05, 3.63) is 76.2 Å². The molecule has 25 heavy (non-hydrogen) atoms. The van der Waals surface area contributed by atoms with Crippen LogP contribution in [-0.4, -0.2) is 21.6 Å². The van der Waals surface area contributed by atoms with Crippen LogP contribution in [0.5, 0.6) is 0 Å². The van der Waals surface area contributed by atoms with Gasteiger partial charge in [-0.15, -0.1) is 11.8 Å². The maximum Gasteiger partial charge on any atom is 0.332 e. The summed E-state index contributed by atoms with van der Waals surface area (Å²) in [5, 5.41) is 4.25. The number of hydrazone groups is 1. The van der Waals surface area contributed by atoms with E-state index in [0.29, 0.717) is 22.0 Å². The summed E-state index contributed by atoms with van der Waals surface area (Å²) in [6.07, 6.45) is 2.90. The van der Waals surface area contributed by atoms with Crippen molar-refractivity contribution in [2.45, 2.75) is 10.8 Å². The zero-order valence-corrected chi connectivity index (χ0v) is 13.9. The van der Waals surface area contributed by atoms with Crippen LogP contribution in [0, 0.1) is 0 Å². The smallest absolute Gasteiger partial charge is 0.332 e. The summed E-state index contributed by atoms with van der Waals surface area (Å²) in [6.45, 7) is 0. The third-order valence-corrected chi connectivity index (χ3v) is 4.38. The van der Waals surface area contributed by atoms with Crippen molar-refractivity contribution in [3.8, 4) is 0 Å². The second-order valence-corrected chi connectivity index (χ2v) is 6.04. The number of carbonyl (C=O) groups excluding carboxylic acids is 1. The van der Waals surface area contributed by atoms with E-state index in [1.165, 1.54) is 22.4 Å². The number of thioether (sulfide) groups is 1. The predicted molar refractivity (Wildman–Crippen MR) is 97.8 cm³/mol. The summed E-state index contributed by atoms with van der Waals surface area (Å²) in [7, 11) is 0. The summed E-state index contributed by atoms with van der Waals surface area (Å²) in [6, 6.07) is 14.4. The van der Waals surface area contributed by atoms with Crippen molar-refractivity contribution in [3.63, 3.8) is 0 Å². The zero-order chi connectivity index (χ0) is 17.6. The van der Waals surface area contributed by atoms with E-state index in [0.717, 1.165) is 5.56 Å². The molecule has 3 rings (SSSR count). The Morgan fingerprint density at radius 1 is 1.24 bits per heavy atom. The van der Waals surface area contributed by atoms with Gasteiger partial charge in [0.2, 0.25) is 0 Å². The molecule has 0 aliphatic rings. The Kier molecular flexibility index (Phi) is 5.10. The molecule has 2 heterocycles. The molecule has 3 N–H and O–H groups in total. The van der Waals surface area contributed by atoms with Gasteiger partial charge in [0.15, 0.2) is 0 Å². The van der Waals surface area contributed by atoms with Gasteiger partial charge in [-0.25, -0.2) is 15.2 Å². The molecule has 0 bridgehead atoms. The largest absolute Gasteiger partial charge is 0.350 e. The minimum atomic E-state index is -0.802. The van der Waals surface area contributed by atoms with E-state index in [2.05, 4.69) is 15.5 Å². The number of pyridine rings is 1. The number of aromatic nitrogens is 2. The first-order chi connectivity index (χ1) is 12.1. The number of nitrogens with two attached hydrogens (primary N) is 1. The van der Waals surface area contributed by atoms with Crippen LogP contribution in [0.4, 0.5) is 4.79 Å². The number of carbonyl (C=O) groups is 1. The first-order valence-electron chi connectivity index (χ1n) is 7.42. The molecule has 3 aromatic rings. The highest BCUT2D eigenvalue weighted by molar-refractivity contribution is 7.98. The lowest BCUT2D eigenvalue weighted by Crippen LogP contribution is -2.26. The Morgan fingerprint density at radius 3 is 2.76 bits per heavy atom. The second kappa shape index (κ2) is 7.63. The number of amides is 2. The number of hydrogen-bond acceptors (Lipinski definition) is 5. The number of benzene rings is 1. The Balaban J connectivity index is 2.00. The molecule has 2 aromatic heterocycles. The van der Waals surface area contributed by atoms with Crippen molar-refractivity contribution < 1.29 is 4.79 Å². The SMILES string of the molecule is NC(=O)NN=Cc1c(SCc2ccccc2)nc2ccccn2c1=O. The predicted octanol–water partition coefficient (Wildman–Crippen LogP) is 1.99. The summed E-state index contributed by atoms with van der Waals surface area (Å²) in [4.78, 5) is 28.0. The van der Waals surface area contributed by atoms with E-state index >= 15 is 0 Å². The number of primary amides is 1. The maximum atomic E-state index is 12.7. The molecule has 0 saturated carbocycles. The van der Waals surface area contributed by atoms with Crippen LogP contribution in [0.2, 0.25) is 0 Å². The molecule has 126 valence electrons. The van der Waals surface area contributed by atoms with Gasteiger partial charge in [0.1, 0.15) is 10.7 Å². The monoisotopic (exact) mass is 353 g/mol. The number of nitrogens with one attached hydrogen (secondary N) is 1. The Hall–Kier alpha value is -3.13. The molecule has 0 unspecified atom stereocenters. The standard InChI is InChI=1S/C17H15N5O2S/c18-17(24)21-19-10-13-15(25-11-12-6-2-1-3-7-12)20-14-8-4-5-9-22(14)16(13)23/h1-10H,11H2,(H3,18,21,24). The maximum absolute atomic E-state index is 12.7. The topological polar surface area (TPSA) is 102 Å². The fourth-order valence-electron chi connectivity index (χ4n) is 2.19. The fourth-order valence-corrected chi connectivity index (χ4v) is 3.14. The van der Waals surface area contributed by atoms with Gasteiger partial charge in [-0.3, -0.25) is 9.20 Å². The van der Waals surface area contributed by atoms with Crippen molar-refractivity contribution in [2.24, 2.45) is 10.8 Å². The highest BCUT2D eigenvalue weighted by Crippen LogP contribution is 2.22. The van der Waals surface area contributed by atoms with Gasteiger partial charge in [0.25, 0.3) is 5.56 Å². The molecular formula is C17H15N5O2S. The van der Waals surface area contributed by atoms with Crippen molar-refractivity contribution in [1.29, 1.82) is 0 Å². The van der Waals surface area contributed by atoms with E-state index in [-0.39, 0.29) is 5.56 Å². The molecular weight excluding hydrogens is 338 g/mol. The van der Waals surface area contributed by atoms with Crippen molar-refractivity contribution in [1.82, 2.24) is 14.8 Å². The lowest BCUT2D eigenvalue weighted by atomic mass is 10.2. The molecule has 0 fully saturated rings. The number of rotatable bonds is 5. The second-order valence-electron chi connectivity index (χ2n) is 5.07. The van der Waals surface area contributed by atoms with Crippen LogP contribution in [-0.2, 0) is 5.75 Å². The van der Waals surface area contributed by atoms with E-state index in [9.17, 15) is 9.59 Å². The van der Waals surface area contributed by atoms with E-state index in [1.54, 1.807) is 18.3 Å². The van der Waals surface area contributed by atoms with Crippen LogP contribution in [0.15, 0.2) is 69.6 Å². The normalized spacial score (nSPS) is 11.0. The van der Waals surface area contributed by atoms with Gasteiger partial charge in [-0.1, -0.05) is 36.4 Å². The third-order valence-electron chi connectivity index (χ3n) is 3.32. The quantitative estimate of drug-likeness (QED) is 0.317. The van der Waals surface area contributed by atoms with Gasteiger partial charge in [0.05, 0.1) is 11.8 Å². The van der Waals surface area contributed by atoms with Crippen molar-refractivity contribution in [2.75, 3.05) is 0 Å². The molecule has 0 spiro atoms. The first kappa shape index (κ1) is 16.7. The molecule has 2 amide bonds. The van der Waals surface area contributed by atoms with Gasteiger partial charge >= 0.3 is 6.03 Å². The van der Waals surface area contributed by atoms with Crippen LogP contribution < -0.4 is 16.7 Å². The van der Waals surface area contributed by atoms with Crippen LogP contribution >= 0.6 is 11.8 Å². The molecule has 0 radical (unpaired) electrons. The highest BCUT2D eigenvalue weighted by Gasteiger charge is 2.12. The van der Waals surface area contributed by atoms with E-state index < -0.39 is 6.03 Å². The molecule has 8 heteroatoms. The Morgan fingerprint density at radius 2 is 2.00 bits per heavy atom. The van der Waals surface area contributed by atoms with Crippen LogP contribution in [0.1, 0.15) is 11.1 Å². The van der Waals surface area contributed by atoms with Gasteiger partial charge in [-0.2, -0.15) is 5.10 Å². The average molecular weight is 353 g/mol. The van der Waals surface area contributed by atoms with Crippen molar-refractivity contribution >= 4 is 29.7 Å². The molecule has 0 aliphatic heterocycles. The number of urea groups is 1. The summed E-state index contributed by atoms with van der Waals surface area (Å²) < 4.78 is 1.43. The lowest BCUT2D eigenvalue weighted by Gasteiger charge is -2.08. The molecule has 7 nitrogen and oxygen atoms in total. The minimum Gasteiger partial charge on any atom is -0.350 e. The van der Waals surface area contributed by atoms with Crippen LogP contribution in [0.3, 0.4) is 0 Å². The number of hydrogen-bond donors (Lipinski definition) is 2. The fraction of sp³-hybridized carbons (Fsp3) is 0.0588. The number of fused-ring (bicyclic) bond motifs is 1. The van der Waals surface area contributed by atoms with Gasteiger partial charge in [-0.05, 0) is 17.7 Å². The number of nitrogens with zero attached hydrogens (tertiary/aromatic N) is 3. The van der Waals surface area contributed by atoms with Crippen LogP contribution in [0.25, 0.3) is 5.65 Å². The Labute approximate surface area is 147 Å². The Bertz CT molecular complexity index is 985. The van der Waals surface area contributed by atoms with Gasteiger partial charge < -0.3 is 5.73 Å². The highest BCUT2D eigenvalue weighted by atomic mass is 32.2. The molecule has 1 aromatic carbocycles. The summed E-state index contributed by atoms with van der Waals surface area (Å²) >= 11 is 1.43. The zero-order valence-electron chi connectivity index (χ0n) is 13.1. The average Bonchev–Trinajstić information content (AvgIpc) is 2.63. The third kappa shape index (κ3) is 4.04. The minimum absolute atomic E-state index is 0.267. The summed E-state index contributed by atoms with van der Waals surface area (Å²) in [5.74, 6) is 0.653. The molecule has 0 saturated heterocycles. The molecule has 0 aliphatic carbocycles. The lowest BCUT2D eigenvalue weighted by molar-refractivity contribution is 0.249. The first-order valence-corrected chi connectivity index (χ1v) is 8.40. The summed E-state index contributed by atoms with van der Waals surface area (Å²) in [5.41, 5.74) is 8.76. The van der Waals surface area contributed by atoms with E-state index in [1.807, 2.05) is 36.4 Å².